The lowest BCUT2D eigenvalue weighted by Gasteiger charge is -2.13. The van der Waals surface area contributed by atoms with Gasteiger partial charge in [-0.15, -0.1) is 0 Å². The van der Waals surface area contributed by atoms with E-state index >= 15 is 0 Å². The number of carbonyl (C=O) groups excluding carboxylic acids is 1. The van der Waals surface area contributed by atoms with Gasteiger partial charge >= 0.3 is 0 Å². The van der Waals surface area contributed by atoms with E-state index in [0.717, 1.165) is 42.2 Å². The summed E-state index contributed by atoms with van der Waals surface area (Å²) in [4.78, 5) is 12.1. The molecule has 0 aliphatic carbocycles. The number of anilines is 1. The molecule has 1 fully saturated rings. The zero-order valence-corrected chi connectivity index (χ0v) is 16.6. The van der Waals surface area contributed by atoms with Gasteiger partial charge in [-0.1, -0.05) is 12.1 Å². The molecule has 1 unspecified atom stereocenters. The Balaban J connectivity index is 1.42. The van der Waals surface area contributed by atoms with Crippen molar-refractivity contribution in [3.05, 3.63) is 54.1 Å². The molecule has 0 radical (unpaired) electrons. The minimum atomic E-state index is -0.181. The van der Waals surface area contributed by atoms with Crippen LogP contribution in [-0.4, -0.2) is 37.4 Å². The number of amides is 1. The van der Waals surface area contributed by atoms with E-state index in [0.29, 0.717) is 6.61 Å². The predicted octanol–water partition coefficient (Wildman–Crippen LogP) is 3.31. The van der Waals surface area contributed by atoms with Crippen LogP contribution in [0, 0.1) is 0 Å². The fourth-order valence-corrected chi connectivity index (χ4v) is 3.09. The van der Waals surface area contributed by atoms with Crippen LogP contribution in [0.25, 0.3) is 0 Å². The molecule has 148 valence electrons. The van der Waals surface area contributed by atoms with Gasteiger partial charge in [-0.2, -0.15) is 0 Å². The van der Waals surface area contributed by atoms with E-state index in [1.54, 1.807) is 7.11 Å². The topological polar surface area (TPSA) is 68.8 Å². The van der Waals surface area contributed by atoms with Crippen LogP contribution < -0.4 is 20.1 Å². The lowest BCUT2D eigenvalue weighted by molar-refractivity contribution is -0.119. The first-order chi connectivity index (χ1) is 13.6. The van der Waals surface area contributed by atoms with Crippen LogP contribution in [0.3, 0.4) is 0 Å². The van der Waals surface area contributed by atoms with Crippen molar-refractivity contribution in [1.82, 2.24) is 5.32 Å². The molecular weight excluding hydrogens is 376 g/mol. The molecule has 1 saturated heterocycles. The average Bonchev–Trinajstić information content (AvgIpc) is 3.21. The van der Waals surface area contributed by atoms with E-state index in [4.69, 9.17) is 26.4 Å². The summed E-state index contributed by atoms with van der Waals surface area (Å²) in [6, 6.07) is 14.8. The highest BCUT2D eigenvalue weighted by Crippen LogP contribution is 2.18. The molecule has 28 heavy (non-hydrogen) atoms. The first-order valence-corrected chi connectivity index (χ1v) is 9.61. The van der Waals surface area contributed by atoms with Crippen molar-refractivity contribution in [3.63, 3.8) is 0 Å². The van der Waals surface area contributed by atoms with Gasteiger partial charge in [0, 0.05) is 12.3 Å². The van der Waals surface area contributed by atoms with Gasteiger partial charge in [0.25, 0.3) is 0 Å². The predicted molar refractivity (Wildman–Crippen MR) is 112 cm³/mol. The quantitative estimate of drug-likeness (QED) is 0.695. The van der Waals surface area contributed by atoms with E-state index in [1.165, 1.54) is 0 Å². The normalized spacial score (nSPS) is 15.7. The van der Waals surface area contributed by atoms with Crippen LogP contribution >= 0.6 is 12.2 Å². The lowest BCUT2D eigenvalue weighted by Crippen LogP contribution is -2.35. The summed E-state index contributed by atoms with van der Waals surface area (Å²) < 4.78 is 16.4. The molecule has 1 atom stereocenters. The standard InChI is InChI=1S/C21H24N2O4S/c1-25-17-8-4-15(5-9-17)13-20(24)23-21(28)22-16-6-10-18(11-7-16)27-14-19-3-2-12-26-19/h4-11,19H,2-3,12-14H2,1H3,(H2,22,23,24,28). The summed E-state index contributed by atoms with van der Waals surface area (Å²) in [6.07, 6.45) is 2.57. The van der Waals surface area contributed by atoms with Gasteiger partial charge in [0.05, 0.1) is 19.6 Å². The summed E-state index contributed by atoms with van der Waals surface area (Å²) >= 11 is 5.21. The van der Waals surface area contributed by atoms with E-state index < -0.39 is 0 Å². The Morgan fingerprint density at radius 3 is 2.50 bits per heavy atom. The molecule has 1 aliphatic rings. The average molecular weight is 401 g/mol. The maximum atomic E-state index is 12.1. The van der Waals surface area contributed by atoms with Crippen LogP contribution in [0.5, 0.6) is 11.5 Å². The molecule has 0 saturated carbocycles. The number of hydrogen-bond donors (Lipinski definition) is 2. The number of benzene rings is 2. The molecule has 2 N–H and O–H groups in total. The minimum Gasteiger partial charge on any atom is -0.497 e. The molecule has 1 heterocycles. The number of rotatable bonds is 7. The second-order valence-corrected chi connectivity index (χ2v) is 6.91. The summed E-state index contributed by atoms with van der Waals surface area (Å²) in [5.74, 6) is 1.35. The molecule has 1 amide bonds. The second kappa shape index (κ2) is 10.1. The first kappa shape index (κ1) is 20.1. The van der Waals surface area contributed by atoms with Gasteiger partial charge in [0.2, 0.25) is 5.91 Å². The molecule has 7 heteroatoms. The van der Waals surface area contributed by atoms with Crippen molar-refractivity contribution < 1.29 is 19.0 Å². The highest BCUT2D eigenvalue weighted by molar-refractivity contribution is 7.80. The maximum absolute atomic E-state index is 12.1. The van der Waals surface area contributed by atoms with Crippen LogP contribution in [-0.2, 0) is 16.0 Å². The van der Waals surface area contributed by atoms with Crippen molar-refractivity contribution in [2.24, 2.45) is 0 Å². The largest absolute Gasteiger partial charge is 0.497 e. The van der Waals surface area contributed by atoms with Crippen LogP contribution in [0.15, 0.2) is 48.5 Å². The van der Waals surface area contributed by atoms with Crippen molar-refractivity contribution in [3.8, 4) is 11.5 Å². The van der Waals surface area contributed by atoms with Crippen LogP contribution in [0.4, 0.5) is 5.69 Å². The van der Waals surface area contributed by atoms with Crippen molar-refractivity contribution >= 4 is 28.9 Å². The number of methoxy groups -OCH3 is 1. The number of carbonyl (C=O) groups is 1. The van der Waals surface area contributed by atoms with Gasteiger partial charge in [-0.05, 0) is 67.0 Å². The molecule has 2 aromatic rings. The third kappa shape index (κ3) is 6.21. The van der Waals surface area contributed by atoms with Crippen molar-refractivity contribution in [2.45, 2.75) is 25.4 Å². The Hall–Kier alpha value is -2.64. The smallest absolute Gasteiger partial charge is 0.230 e. The Labute approximate surface area is 170 Å². The highest BCUT2D eigenvalue weighted by atomic mass is 32.1. The number of hydrogen-bond acceptors (Lipinski definition) is 5. The summed E-state index contributed by atoms with van der Waals surface area (Å²) in [5, 5.41) is 5.94. The summed E-state index contributed by atoms with van der Waals surface area (Å²) in [7, 11) is 1.61. The third-order valence-electron chi connectivity index (χ3n) is 4.35. The highest BCUT2D eigenvalue weighted by Gasteiger charge is 2.15. The number of thiocarbonyl (C=S) groups is 1. The van der Waals surface area contributed by atoms with Gasteiger partial charge in [0.1, 0.15) is 18.1 Å². The Kier molecular flexibility index (Phi) is 7.22. The van der Waals surface area contributed by atoms with Gasteiger partial charge in [-0.25, -0.2) is 0 Å². The Morgan fingerprint density at radius 2 is 1.86 bits per heavy atom. The minimum absolute atomic E-state index is 0.181. The number of ether oxygens (including phenoxy) is 3. The fourth-order valence-electron chi connectivity index (χ4n) is 2.86. The van der Waals surface area contributed by atoms with E-state index in [-0.39, 0.29) is 23.5 Å². The zero-order chi connectivity index (χ0) is 19.8. The summed E-state index contributed by atoms with van der Waals surface area (Å²) in [5.41, 5.74) is 1.66. The maximum Gasteiger partial charge on any atom is 0.230 e. The molecule has 6 nitrogen and oxygen atoms in total. The molecule has 0 bridgehead atoms. The molecule has 3 rings (SSSR count). The fraction of sp³-hybridized carbons (Fsp3) is 0.333. The van der Waals surface area contributed by atoms with Crippen molar-refractivity contribution in [2.75, 3.05) is 25.6 Å². The van der Waals surface area contributed by atoms with Crippen LogP contribution in [0.1, 0.15) is 18.4 Å². The molecule has 2 aromatic carbocycles. The first-order valence-electron chi connectivity index (χ1n) is 9.20. The van der Waals surface area contributed by atoms with E-state index in [9.17, 15) is 4.79 Å². The Morgan fingerprint density at radius 1 is 1.14 bits per heavy atom. The number of nitrogens with one attached hydrogen (secondary N) is 2. The van der Waals surface area contributed by atoms with Gasteiger partial charge < -0.3 is 24.8 Å². The molecular formula is C21H24N2O4S. The molecule has 1 aliphatic heterocycles. The molecule has 0 aromatic heterocycles. The van der Waals surface area contributed by atoms with E-state index in [1.807, 2.05) is 48.5 Å². The van der Waals surface area contributed by atoms with E-state index in [2.05, 4.69) is 10.6 Å². The lowest BCUT2D eigenvalue weighted by atomic mass is 10.1. The Bertz CT molecular complexity index is 787. The van der Waals surface area contributed by atoms with Gasteiger partial charge in [0.15, 0.2) is 5.11 Å². The van der Waals surface area contributed by atoms with Crippen molar-refractivity contribution in [1.29, 1.82) is 0 Å². The molecule has 0 spiro atoms. The third-order valence-corrected chi connectivity index (χ3v) is 4.55. The zero-order valence-electron chi connectivity index (χ0n) is 15.8. The summed E-state index contributed by atoms with van der Waals surface area (Å²) in [6.45, 7) is 1.38. The second-order valence-electron chi connectivity index (χ2n) is 6.50. The monoisotopic (exact) mass is 400 g/mol. The SMILES string of the molecule is COc1ccc(CC(=O)NC(=S)Nc2ccc(OCC3CCCO3)cc2)cc1. The van der Waals surface area contributed by atoms with Crippen LogP contribution in [0.2, 0.25) is 0 Å². The van der Waals surface area contributed by atoms with Gasteiger partial charge in [-0.3, -0.25) is 4.79 Å².